The number of piperidine rings is 1. The number of hydrogen-bond donors (Lipinski definition) is 1. The predicted octanol–water partition coefficient (Wildman–Crippen LogP) is 4.19. The molecule has 2 aliphatic heterocycles. The Morgan fingerprint density at radius 1 is 1.24 bits per heavy atom. The van der Waals surface area contributed by atoms with Gasteiger partial charge < -0.3 is 15.0 Å². The van der Waals surface area contributed by atoms with E-state index in [9.17, 15) is 19.6 Å². The van der Waals surface area contributed by atoms with Crippen LogP contribution in [-0.2, 0) is 16.1 Å². The Morgan fingerprint density at radius 3 is 2.74 bits per heavy atom. The van der Waals surface area contributed by atoms with E-state index in [0.29, 0.717) is 25.5 Å². The number of pyridine rings is 1. The molecule has 42 heavy (non-hydrogen) atoms. The van der Waals surface area contributed by atoms with Crippen molar-refractivity contribution in [3.8, 4) is 23.0 Å². The summed E-state index contributed by atoms with van der Waals surface area (Å²) in [6.07, 6.45) is 2.44. The zero-order valence-corrected chi connectivity index (χ0v) is 24.0. The Kier molecular flexibility index (Phi) is 7.69. The zero-order chi connectivity index (χ0) is 30.2. The number of nitrogens with one attached hydrogen (secondary N) is 1. The van der Waals surface area contributed by atoms with Gasteiger partial charge >= 0.3 is 6.09 Å². The van der Waals surface area contributed by atoms with Crippen LogP contribution in [0, 0.1) is 23.1 Å². The molecule has 218 valence electrons. The average molecular weight is 574 g/mol. The molecule has 0 saturated carbocycles. The summed E-state index contributed by atoms with van der Waals surface area (Å²) in [6.45, 7) is 8.55. The van der Waals surface area contributed by atoms with E-state index in [4.69, 9.17) is 9.84 Å². The van der Waals surface area contributed by atoms with Crippen LogP contribution in [0.1, 0.15) is 62.2 Å². The van der Waals surface area contributed by atoms with Crippen molar-refractivity contribution in [3.05, 3.63) is 59.2 Å². The van der Waals surface area contributed by atoms with Gasteiger partial charge in [0, 0.05) is 31.9 Å². The van der Waals surface area contributed by atoms with Gasteiger partial charge in [-0.2, -0.15) is 10.4 Å². The van der Waals surface area contributed by atoms with Gasteiger partial charge in [0.2, 0.25) is 5.91 Å². The first-order valence-corrected chi connectivity index (χ1v) is 13.9. The molecule has 4 heterocycles. The largest absolute Gasteiger partial charge is 0.443 e. The van der Waals surface area contributed by atoms with Gasteiger partial charge in [-0.15, -0.1) is 0 Å². The van der Waals surface area contributed by atoms with E-state index >= 15 is 4.39 Å². The van der Waals surface area contributed by atoms with Crippen LogP contribution in [0.15, 0.2) is 36.5 Å². The molecule has 5 rings (SSSR count). The van der Waals surface area contributed by atoms with E-state index in [1.165, 1.54) is 28.9 Å². The number of nitriles is 1. The van der Waals surface area contributed by atoms with Crippen LogP contribution in [0.3, 0.4) is 0 Å². The number of aromatic nitrogens is 3. The van der Waals surface area contributed by atoms with Crippen LogP contribution < -0.4 is 10.2 Å². The topological polar surface area (TPSA) is 133 Å². The molecule has 1 fully saturated rings. The maximum atomic E-state index is 15.1. The molecule has 3 aromatic rings. The third-order valence-electron chi connectivity index (χ3n) is 7.13. The third kappa shape index (κ3) is 5.54. The number of carbonyl (C=O) groups is 3. The Labute approximate surface area is 242 Å². The fraction of sp³-hybridized carbons (Fsp3) is 0.400. The molecule has 1 atom stereocenters. The smallest absolute Gasteiger partial charge is 0.417 e. The molecule has 1 aromatic carbocycles. The monoisotopic (exact) mass is 573 g/mol. The Bertz CT molecular complexity index is 1600. The summed E-state index contributed by atoms with van der Waals surface area (Å²) in [5.74, 6) is -0.825. The number of imide groups is 1. The van der Waals surface area contributed by atoms with Gasteiger partial charge in [-0.3, -0.25) is 9.59 Å². The van der Waals surface area contributed by atoms with Crippen LogP contribution in [0.25, 0.3) is 16.9 Å². The number of nitrogens with zero attached hydrogens (tertiary/aromatic N) is 6. The first-order chi connectivity index (χ1) is 20.0. The zero-order valence-electron chi connectivity index (χ0n) is 24.0. The minimum atomic E-state index is -0.834. The maximum Gasteiger partial charge on any atom is 0.417 e. The number of hydrogen-bond acceptors (Lipinski definition) is 8. The molecule has 12 heteroatoms. The van der Waals surface area contributed by atoms with Crippen LogP contribution >= 0.6 is 0 Å². The van der Waals surface area contributed by atoms with Gasteiger partial charge in [-0.05, 0) is 58.7 Å². The van der Waals surface area contributed by atoms with Crippen molar-refractivity contribution in [3.63, 3.8) is 0 Å². The Hall–Kier alpha value is -4.79. The van der Waals surface area contributed by atoms with E-state index in [1.807, 2.05) is 17.9 Å². The summed E-state index contributed by atoms with van der Waals surface area (Å²) in [5.41, 5.74) is 0.00249. The van der Waals surface area contributed by atoms with Gasteiger partial charge in [0.05, 0.1) is 52.3 Å². The SMILES string of the molecule is CCNC(=O)C1CCCN(c2ccn(-c3cc(-c4c(F)cccc4C#N)nc4c3C(=O)N(C(=O)OC(C)(C)C)C4)n2)C1. The van der Waals surface area contributed by atoms with Crippen molar-refractivity contribution in [2.45, 2.75) is 52.7 Å². The van der Waals surface area contributed by atoms with Gasteiger partial charge in [0.1, 0.15) is 11.4 Å². The second kappa shape index (κ2) is 11.2. The van der Waals surface area contributed by atoms with Crippen molar-refractivity contribution in [2.75, 3.05) is 24.5 Å². The van der Waals surface area contributed by atoms with Gasteiger partial charge in [0.25, 0.3) is 5.91 Å². The summed E-state index contributed by atoms with van der Waals surface area (Å²) in [7, 11) is 0. The summed E-state index contributed by atoms with van der Waals surface area (Å²) < 4.78 is 22.0. The van der Waals surface area contributed by atoms with Crippen molar-refractivity contribution >= 4 is 23.7 Å². The number of fused-ring (bicyclic) bond motifs is 1. The van der Waals surface area contributed by atoms with Crippen LogP contribution in [-0.4, -0.2) is 62.8 Å². The standard InChI is InChI=1S/C30H32FN7O4/c1-5-33-27(39)19-9-7-12-36(16-19)24-11-13-38(35-24)23-14-21(25-18(15-32)8-6-10-20(25)31)34-22-17-37(28(40)26(22)23)29(41)42-30(2,3)4/h6,8,10-11,13-14,19H,5,7,9,12,16-17H2,1-4H3,(H,33,39). The predicted molar refractivity (Wildman–Crippen MR) is 151 cm³/mol. The Morgan fingerprint density at radius 2 is 2.02 bits per heavy atom. The molecule has 11 nitrogen and oxygen atoms in total. The van der Waals surface area contributed by atoms with Crippen molar-refractivity contribution in [2.24, 2.45) is 5.92 Å². The van der Waals surface area contributed by atoms with E-state index in [2.05, 4.69) is 10.3 Å². The first-order valence-electron chi connectivity index (χ1n) is 13.9. The van der Waals surface area contributed by atoms with E-state index in [0.717, 1.165) is 17.7 Å². The minimum Gasteiger partial charge on any atom is -0.443 e. The maximum absolute atomic E-state index is 15.1. The number of anilines is 1. The number of ether oxygens (including phenoxy) is 1. The van der Waals surface area contributed by atoms with Gasteiger partial charge in [-0.1, -0.05) is 6.07 Å². The molecule has 1 saturated heterocycles. The van der Waals surface area contributed by atoms with E-state index < -0.39 is 23.4 Å². The summed E-state index contributed by atoms with van der Waals surface area (Å²) in [4.78, 5) is 46.5. The van der Waals surface area contributed by atoms with Crippen molar-refractivity contribution in [1.29, 1.82) is 5.26 Å². The fourth-order valence-corrected chi connectivity index (χ4v) is 5.27. The molecule has 0 bridgehead atoms. The molecule has 1 unspecified atom stereocenters. The molecule has 2 aliphatic rings. The second-order valence-electron chi connectivity index (χ2n) is 11.3. The first kappa shape index (κ1) is 28.7. The Balaban J connectivity index is 1.57. The highest BCUT2D eigenvalue weighted by Gasteiger charge is 2.39. The third-order valence-corrected chi connectivity index (χ3v) is 7.13. The fourth-order valence-electron chi connectivity index (χ4n) is 5.27. The van der Waals surface area contributed by atoms with Crippen LogP contribution in [0.2, 0.25) is 0 Å². The number of benzene rings is 1. The van der Waals surface area contributed by atoms with E-state index in [-0.39, 0.29) is 52.1 Å². The molecule has 1 N–H and O–H groups in total. The highest BCUT2D eigenvalue weighted by molar-refractivity contribution is 6.08. The lowest BCUT2D eigenvalue weighted by Crippen LogP contribution is -2.43. The van der Waals surface area contributed by atoms with Gasteiger partial charge in [0.15, 0.2) is 5.82 Å². The number of amides is 3. The summed E-state index contributed by atoms with van der Waals surface area (Å²) >= 11 is 0. The minimum absolute atomic E-state index is 0.00393. The molecular formula is C30H32FN7O4. The van der Waals surface area contributed by atoms with Gasteiger partial charge in [-0.25, -0.2) is 23.8 Å². The van der Waals surface area contributed by atoms with Crippen LogP contribution in [0.5, 0.6) is 0 Å². The van der Waals surface area contributed by atoms with E-state index in [1.54, 1.807) is 33.0 Å². The molecule has 0 radical (unpaired) electrons. The number of rotatable bonds is 5. The second-order valence-corrected chi connectivity index (χ2v) is 11.3. The van der Waals surface area contributed by atoms with Crippen molar-refractivity contribution < 1.29 is 23.5 Å². The van der Waals surface area contributed by atoms with Crippen LogP contribution in [0.4, 0.5) is 15.0 Å². The molecule has 2 aromatic heterocycles. The average Bonchev–Trinajstić information content (AvgIpc) is 3.57. The molecule has 0 aliphatic carbocycles. The normalized spacial score (nSPS) is 16.7. The quantitative estimate of drug-likeness (QED) is 0.480. The summed E-state index contributed by atoms with van der Waals surface area (Å²) in [6, 6.07) is 9.43. The lowest BCUT2D eigenvalue weighted by atomic mass is 9.97. The highest BCUT2D eigenvalue weighted by Crippen LogP contribution is 2.35. The summed E-state index contributed by atoms with van der Waals surface area (Å²) in [5, 5.41) is 17.3. The molecular weight excluding hydrogens is 541 g/mol. The highest BCUT2D eigenvalue weighted by atomic mass is 19.1. The number of carbonyl (C=O) groups excluding carboxylic acids is 3. The lowest BCUT2D eigenvalue weighted by Gasteiger charge is -2.32. The lowest BCUT2D eigenvalue weighted by molar-refractivity contribution is -0.125. The molecule has 0 spiro atoms. The van der Waals surface area contributed by atoms with Crippen molar-refractivity contribution in [1.82, 2.24) is 25.0 Å². The number of halogens is 1. The molecule has 3 amide bonds.